The van der Waals surface area contributed by atoms with Crippen molar-refractivity contribution in [3.05, 3.63) is 41.1 Å². The highest BCUT2D eigenvalue weighted by Crippen LogP contribution is 2.28. The number of benzene rings is 1. The summed E-state index contributed by atoms with van der Waals surface area (Å²) in [5.41, 5.74) is 1.31. The molecule has 0 unspecified atom stereocenters. The van der Waals surface area contributed by atoms with Gasteiger partial charge in [-0.3, -0.25) is 0 Å². The van der Waals surface area contributed by atoms with Crippen molar-refractivity contribution >= 4 is 33.0 Å². The zero-order valence-electron chi connectivity index (χ0n) is 6.51. The van der Waals surface area contributed by atoms with E-state index in [0.717, 1.165) is 11.4 Å². The summed E-state index contributed by atoms with van der Waals surface area (Å²) in [6.07, 6.45) is 0.849. The Morgan fingerprint density at radius 1 is 1.42 bits per heavy atom. The number of halogens is 1. The second-order valence-corrected chi connectivity index (χ2v) is 4.00. The Labute approximate surface area is 80.8 Å². The van der Waals surface area contributed by atoms with E-state index in [0.29, 0.717) is 0 Å². The van der Waals surface area contributed by atoms with E-state index in [9.17, 15) is 0 Å². The molecule has 1 heterocycles. The first-order valence-electron chi connectivity index (χ1n) is 3.76. The van der Waals surface area contributed by atoms with Crippen LogP contribution < -0.4 is 0 Å². The number of rotatable bonds is 1. The highest BCUT2D eigenvalue weighted by Gasteiger charge is 2.01. The van der Waals surface area contributed by atoms with E-state index in [1.165, 1.54) is 15.6 Å². The minimum atomic E-state index is 0.806. The van der Waals surface area contributed by atoms with Crippen LogP contribution in [0.3, 0.4) is 0 Å². The zero-order chi connectivity index (χ0) is 8.55. The lowest BCUT2D eigenvalue weighted by molar-refractivity contribution is 1.33. The Bertz CT molecular complexity index is 403. The lowest BCUT2D eigenvalue weighted by Gasteiger charge is -1.93. The maximum atomic E-state index is 5.86. The molecule has 2 heteroatoms. The average Bonchev–Trinajstić information content (AvgIpc) is 2.46. The first kappa shape index (κ1) is 8.09. The Kier molecular flexibility index (Phi) is 2.07. The van der Waals surface area contributed by atoms with E-state index in [1.807, 2.05) is 12.1 Å². The lowest BCUT2D eigenvalue weighted by Crippen LogP contribution is -1.74. The number of hydrogen-bond acceptors (Lipinski definition) is 1. The third-order valence-electron chi connectivity index (χ3n) is 1.89. The van der Waals surface area contributed by atoms with Crippen LogP contribution in [0.4, 0.5) is 0 Å². The third-order valence-corrected chi connectivity index (χ3v) is 3.12. The van der Waals surface area contributed by atoms with Gasteiger partial charge in [-0.25, -0.2) is 0 Å². The van der Waals surface area contributed by atoms with Gasteiger partial charge in [-0.1, -0.05) is 17.7 Å². The van der Waals surface area contributed by atoms with Gasteiger partial charge in [-0.05, 0) is 41.8 Å². The minimum Gasteiger partial charge on any atom is -0.143 e. The van der Waals surface area contributed by atoms with Gasteiger partial charge in [0.25, 0.3) is 0 Å². The van der Waals surface area contributed by atoms with Gasteiger partial charge < -0.3 is 0 Å². The van der Waals surface area contributed by atoms with Crippen LogP contribution in [0.5, 0.6) is 0 Å². The van der Waals surface area contributed by atoms with Crippen molar-refractivity contribution in [2.45, 2.75) is 6.42 Å². The van der Waals surface area contributed by atoms with E-state index in [4.69, 9.17) is 11.6 Å². The summed E-state index contributed by atoms with van der Waals surface area (Å²) in [7, 11) is 0. The van der Waals surface area contributed by atoms with Gasteiger partial charge in [0.05, 0.1) is 0 Å². The molecular weight excluding hydrogens is 188 g/mol. The van der Waals surface area contributed by atoms with E-state index in [1.54, 1.807) is 11.3 Å². The summed E-state index contributed by atoms with van der Waals surface area (Å²) in [5.74, 6) is 0. The molecule has 1 radical (unpaired) electrons. The summed E-state index contributed by atoms with van der Waals surface area (Å²) < 4.78 is 1.25. The monoisotopic (exact) mass is 195 g/mol. The molecule has 0 amide bonds. The van der Waals surface area contributed by atoms with Crippen molar-refractivity contribution in [1.82, 2.24) is 0 Å². The van der Waals surface area contributed by atoms with Crippen molar-refractivity contribution in [1.29, 1.82) is 0 Å². The van der Waals surface area contributed by atoms with Gasteiger partial charge in [0.15, 0.2) is 0 Å². The SMILES string of the molecule is [CH2]Cc1csc2cc(Cl)ccc12. The van der Waals surface area contributed by atoms with Crippen LogP contribution in [0.2, 0.25) is 5.02 Å². The molecule has 0 aliphatic carbocycles. The molecule has 0 aliphatic rings. The van der Waals surface area contributed by atoms with Gasteiger partial charge in [0.1, 0.15) is 0 Å². The van der Waals surface area contributed by atoms with Crippen LogP contribution in [0.15, 0.2) is 23.6 Å². The maximum absolute atomic E-state index is 5.86. The highest BCUT2D eigenvalue weighted by molar-refractivity contribution is 7.17. The average molecular weight is 196 g/mol. The van der Waals surface area contributed by atoms with E-state index in [2.05, 4.69) is 18.4 Å². The summed E-state index contributed by atoms with van der Waals surface area (Å²) in [4.78, 5) is 0. The number of hydrogen-bond donors (Lipinski definition) is 0. The molecule has 0 atom stereocenters. The second kappa shape index (κ2) is 3.08. The van der Waals surface area contributed by atoms with Gasteiger partial charge in [0, 0.05) is 9.72 Å². The number of fused-ring (bicyclic) bond motifs is 1. The van der Waals surface area contributed by atoms with Crippen LogP contribution in [0.1, 0.15) is 5.56 Å². The molecule has 0 saturated heterocycles. The second-order valence-electron chi connectivity index (χ2n) is 2.65. The molecular formula is C10H8ClS. The zero-order valence-corrected chi connectivity index (χ0v) is 8.08. The summed E-state index contributed by atoms with van der Waals surface area (Å²) >= 11 is 7.59. The Balaban J connectivity index is 2.73. The van der Waals surface area contributed by atoms with Crippen molar-refractivity contribution in [2.75, 3.05) is 0 Å². The van der Waals surface area contributed by atoms with Crippen molar-refractivity contribution in [3.8, 4) is 0 Å². The normalized spacial score (nSPS) is 10.8. The van der Waals surface area contributed by atoms with E-state index < -0.39 is 0 Å². The van der Waals surface area contributed by atoms with Gasteiger partial charge in [-0.2, -0.15) is 0 Å². The molecule has 2 rings (SSSR count). The topological polar surface area (TPSA) is 0 Å². The fraction of sp³-hybridized carbons (Fsp3) is 0.100. The van der Waals surface area contributed by atoms with Crippen LogP contribution in [0.25, 0.3) is 10.1 Å². The third kappa shape index (κ3) is 1.23. The quantitative estimate of drug-likeness (QED) is 0.647. The Morgan fingerprint density at radius 3 is 3.00 bits per heavy atom. The Hall–Kier alpha value is -0.530. The molecule has 0 bridgehead atoms. The lowest BCUT2D eigenvalue weighted by atomic mass is 10.1. The van der Waals surface area contributed by atoms with Crippen molar-refractivity contribution < 1.29 is 0 Å². The summed E-state index contributed by atoms with van der Waals surface area (Å²) in [5, 5.41) is 4.24. The Morgan fingerprint density at radius 2 is 2.25 bits per heavy atom. The smallest absolute Gasteiger partial charge is 0.0420 e. The van der Waals surface area contributed by atoms with Gasteiger partial charge in [0.2, 0.25) is 0 Å². The summed E-state index contributed by atoms with van der Waals surface area (Å²) in [6, 6.07) is 5.99. The van der Waals surface area contributed by atoms with Crippen LogP contribution in [-0.2, 0) is 6.42 Å². The van der Waals surface area contributed by atoms with Crippen LogP contribution >= 0.6 is 22.9 Å². The predicted molar refractivity (Wildman–Crippen MR) is 55.9 cm³/mol. The van der Waals surface area contributed by atoms with Crippen LogP contribution in [-0.4, -0.2) is 0 Å². The molecule has 0 N–H and O–H groups in total. The van der Waals surface area contributed by atoms with E-state index in [-0.39, 0.29) is 0 Å². The molecule has 2 aromatic rings. The van der Waals surface area contributed by atoms with Crippen LogP contribution in [0, 0.1) is 6.92 Å². The van der Waals surface area contributed by atoms with E-state index >= 15 is 0 Å². The summed E-state index contributed by atoms with van der Waals surface area (Å²) in [6.45, 7) is 3.87. The molecule has 0 nitrogen and oxygen atoms in total. The molecule has 0 spiro atoms. The molecule has 12 heavy (non-hydrogen) atoms. The minimum absolute atomic E-state index is 0.806. The molecule has 1 aromatic carbocycles. The molecule has 0 aliphatic heterocycles. The molecule has 0 fully saturated rings. The maximum Gasteiger partial charge on any atom is 0.0420 e. The van der Waals surface area contributed by atoms with Gasteiger partial charge in [-0.15, -0.1) is 11.3 Å². The molecule has 1 aromatic heterocycles. The van der Waals surface area contributed by atoms with Crippen molar-refractivity contribution in [3.63, 3.8) is 0 Å². The predicted octanol–water partition coefficient (Wildman–Crippen LogP) is 3.93. The first-order chi connectivity index (χ1) is 5.81. The molecule has 0 saturated carbocycles. The largest absolute Gasteiger partial charge is 0.143 e. The highest BCUT2D eigenvalue weighted by atomic mass is 35.5. The van der Waals surface area contributed by atoms with Crippen molar-refractivity contribution in [2.24, 2.45) is 0 Å². The fourth-order valence-electron chi connectivity index (χ4n) is 1.25. The van der Waals surface area contributed by atoms with Gasteiger partial charge >= 0.3 is 0 Å². The fourth-order valence-corrected chi connectivity index (χ4v) is 2.52. The molecule has 61 valence electrons. The standard InChI is InChI=1S/C10H8ClS/c1-2-7-6-12-10-5-8(11)3-4-9(7)10/h3-6H,1-2H2. The number of thiophene rings is 1. The first-order valence-corrected chi connectivity index (χ1v) is 5.02.